The summed E-state index contributed by atoms with van der Waals surface area (Å²) in [6.07, 6.45) is -3.23. The van der Waals surface area contributed by atoms with E-state index in [0.717, 1.165) is 6.07 Å². The quantitative estimate of drug-likeness (QED) is 0.514. The molecule has 188 valence electrons. The third kappa shape index (κ3) is 5.94. The van der Waals surface area contributed by atoms with Crippen LogP contribution in [0.15, 0.2) is 23.2 Å². The minimum Gasteiger partial charge on any atom is -0.388 e. The molecule has 0 amide bonds. The molecule has 13 heteroatoms. The zero-order valence-electron chi connectivity index (χ0n) is 19.2. The van der Waals surface area contributed by atoms with Crippen molar-refractivity contribution in [3.63, 3.8) is 0 Å². The van der Waals surface area contributed by atoms with E-state index in [0.29, 0.717) is 19.0 Å². The van der Waals surface area contributed by atoms with Crippen molar-refractivity contribution in [2.45, 2.75) is 63.3 Å². The molecule has 0 unspecified atom stereocenters. The van der Waals surface area contributed by atoms with E-state index in [2.05, 4.69) is 20.0 Å². The Morgan fingerprint density at radius 1 is 1.26 bits per heavy atom. The number of hydrogen-bond acceptors (Lipinski definition) is 7. The van der Waals surface area contributed by atoms with Crippen molar-refractivity contribution in [1.82, 2.24) is 14.7 Å². The highest BCUT2D eigenvalue weighted by Gasteiger charge is 2.39. The van der Waals surface area contributed by atoms with Crippen LogP contribution in [0, 0.1) is 12.7 Å². The number of nitrogens with zero attached hydrogens (tertiary/aromatic N) is 3. The van der Waals surface area contributed by atoms with Gasteiger partial charge in [-0.1, -0.05) is 0 Å². The average molecular weight is 506 g/mol. The molecule has 8 nitrogen and oxygen atoms in total. The first-order valence-corrected chi connectivity index (χ1v) is 12.1. The topological polar surface area (TPSA) is 107 Å². The van der Waals surface area contributed by atoms with Crippen molar-refractivity contribution >= 4 is 27.5 Å². The van der Waals surface area contributed by atoms with E-state index in [4.69, 9.17) is 0 Å². The minimum atomic E-state index is -4.74. The summed E-state index contributed by atoms with van der Waals surface area (Å²) in [6.45, 7) is 6.42. The van der Waals surface area contributed by atoms with E-state index in [9.17, 15) is 31.1 Å². The average Bonchev–Trinajstić information content (AvgIpc) is 2.68. The molecule has 3 rings (SSSR count). The number of sulfonamides is 1. The van der Waals surface area contributed by atoms with Gasteiger partial charge in [0.15, 0.2) is 0 Å². The lowest BCUT2D eigenvalue weighted by Crippen LogP contribution is -2.47. The first-order chi connectivity index (χ1) is 15.6. The summed E-state index contributed by atoms with van der Waals surface area (Å²) in [5.41, 5.74) is -2.24. The van der Waals surface area contributed by atoms with E-state index in [1.54, 1.807) is 13.8 Å². The van der Waals surface area contributed by atoms with Crippen LogP contribution in [0.25, 0.3) is 0 Å². The second-order valence-electron chi connectivity index (χ2n) is 8.95. The number of hydrogen-bond donors (Lipinski definition) is 3. The fourth-order valence-electron chi connectivity index (χ4n) is 3.79. The van der Waals surface area contributed by atoms with E-state index in [1.807, 2.05) is 0 Å². The van der Waals surface area contributed by atoms with Crippen LogP contribution in [0.2, 0.25) is 0 Å². The van der Waals surface area contributed by atoms with Gasteiger partial charge in [0.25, 0.3) is 0 Å². The normalized spacial score (nSPS) is 19.5. The van der Waals surface area contributed by atoms with Crippen molar-refractivity contribution in [3.8, 4) is 0 Å². The van der Waals surface area contributed by atoms with Crippen molar-refractivity contribution in [3.05, 3.63) is 35.3 Å². The third-order valence-corrected chi connectivity index (χ3v) is 6.89. The molecule has 0 radical (unpaired) electrons. The molecule has 3 N–H and O–H groups in total. The van der Waals surface area contributed by atoms with E-state index in [-0.39, 0.29) is 35.2 Å². The molecular weight excluding hydrogens is 478 g/mol. The van der Waals surface area contributed by atoms with Gasteiger partial charge in [-0.05, 0) is 58.2 Å². The molecule has 1 aliphatic heterocycles. The van der Waals surface area contributed by atoms with Gasteiger partial charge >= 0.3 is 6.18 Å². The zero-order chi connectivity index (χ0) is 25.5. The van der Waals surface area contributed by atoms with E-state index < -0.39 is 45.0 Å². The van der Waals surface area contributed by atoms with Crippen molar-refractivity contribution in [1.29, 1.82) is 0 Å². The number of aryl methyl sites for hydroxylation is 1. The van der Waals surface area contributed by atoms with Crippen LogP contribution in [0.3, 0.4) is 0 Å². The van der Waals surface area contributed by atoms with Crippen molar-refractivity contribution < 1.29 is 31.1 Å². The van der Waals surface area contributed by atoms with Gasteiger partial charge in [0, 0.05) is 25.3 Å². The molecule has 0 spiro atoms. The number of benzene rings is 1. The van der Waals surface area contributed by atoms with Gasteiger partial charge in [0.1, 0.15) is 17.2 Å². The molecule has 0 bridgehead atoms. The third-order valence-electron chi connectivity index (χ3n) is 5.25. The maximum Gasteiger partial charge on any atom is 0.421 e. The SMILES string of the molecule is Cc1cc(S(=O)(=O)NC(C)C)cc(F)c1Nc1ncc(C(F)(F)F)c(N2CCC[C@](C)(O)C2)n1. The van der Waals surface area contributed by atoms with Gasteiger partial charge in [-0.15, -0.1) is 0 Å². The Kier molecular flexibility index (Phi) is 7.11. The molecule has 2 aromatic rings. The maximum atomic E-state index is 14.9. The Labute approximate surface area is 195 Å². The summed E-state index contributed by atoms with van der Waals surface area (Å²) >= 11 is 0. The second-order valence-corrected chi connectivity index (χ2v) is 10.7. The number of piperidine rings is 1. The summed E-state index contributed by atoms with van der Waals surface area (Å²) in [5.74, 6) is -1.66. The molecular formula is C21H27F4N5O3S. The molecule has 34 heavy (non-hydrogen) atoms. The predicted octanol–water partition coefficient (Wildman–Crippen LogP) is 3.72. The fraction of sp³-hybridized carbons (Fsp3) is 0.524. The van der Waals surface area contributed by atoms with Crippen molar-refractivity contribution in [2.24, 2.45) is 0 Å². The lowest BCUT2D eigenvalue weighted by molar-refractivity contribution is -0.137. The van der Waals surface area contributed by atoms with Crippen LogP contribution in [0.4, 0.5) is 35.0 Å². The molecule has 1 aromatic heterocycles. The molecule has 1 aromatic carbocycles. The molecule has 1 saturated heterocycles. The van der Waals surface area contributed by atoms with Gasteiger partial charge < -0.3 is 15.3 Å². The Morgan fingerprint density at radius 3 is 2.50 bits per heavy atom. The lowest BCUT2D eigenvalue weighted by Gasteiger charge is -2.38. The number of aliphatic hydroxyl groups is 1. The largest absolute Gasteiger partial charge is 0.421 e. The molecule has 0 aliphatic carbocycles. The standard InChI is InChI=1S/C21H27F4N5O3S/c1-12(2)29-34(32,33)14-8-13(3)17(16(22)9-14)27-19-26-10-15(21(23,24)25)18(28-19)30-7-5-6-20(4,31)11-30/h8-10,12,29,31H,5-7,11H2,1-4H3,(H,26,27,28)/t20-/m0/s1. The Balaban J connectivity index is 1.99. The summed E-state index contributed by atoms with van der Waals surface area (Å²) in [6, 6.07) is 1.65. The highest BCUT2D eigenvalue weighted by Crippen LogP contribution is 2.38. The number of rotatable bonds is 6. The number of anilines is 3. The number of alkyl halides is 3. The lowest BCUT2D eigenvalue weighted by atomic mass is 9.95. The predicted molar refractivity (Wildman–Crippen MR) is 119 cm³/mol. The Morgan fingerprint density at radius 2 is 1.94 bits per heavy atom. The van der Waals surface area contributed by atoms with Crippen LogP contribution >= 0.6 is 0 Å². The fourth-order valence-corrected chi connectivity index (χ4v) is 5.14. The Bertz CT molecular complexity index is 1150. The molecule has 1 atom stereocenters. The highest BCUT2D eigenvalue weighted by atomic mass is 32.2. The van der Waals surface area contributed by atoms with Crippen LogP contribution in [0.5, 0.6) is 0 Å². The molecule has 0 saturated carbocycles. The summed E-state index contributed by atoms with van der Waals surface area (Å²) in [5, 5.41) is 12.9. The van der Waals surface area contributed by atoms with Gasteiger partial charge in [-0.25, -0.2) is 22.5 Å². The number of aromatic nitrogens is 2. The molecule has 1 fully saturated rings. The van der Waals surface area contributed by atoms with Crippen LogP contribution < -0.4 is 14.9 Å². The first-order valence-electron chi connectivity index (χ1n) is 10.6. The number of β-amino-alcohol motifs (C(OH)–C–C–N with tert-alkyl or cyclic N) is 1. The van der Waals surface area contributed by atoms with Crippen LogP contribution in [0.1, 0.15) is 44.7 Å². The summed E-state index contributed by atoms with van der Waals surface area (Å²) in [7, 11) is -3.95. The minimum absolute atomic E-state index is 0.0602. The Hall–Kier alpha value is -2.51. The van der Waals surface area contributed by atoms with Crippen LogP contribution in [-0.4, -0.2) is 48.2 Å². The van der Waals surface area contributed by atoms with E-state index in [1.165, 1.54) is 24.8 Å². The van der Waals surface area contributed by atoms with Crippen molar-refractivity contribution in [2.75, 3.05) is 23.3 Å². The molecule has 1 aliphatic rings. The van der Waals surface area contributed by atoms with E-state index >= 15 is 0 Å². The second kappa shape index (κ2) is 9.27. The number of halogens is 4. The maximum absolute atomic E-state index is 14.9. The zero-order valence-corrected chi connectivity index (χ0v) is 20.0. The van der Waals surface area contributed by atoms with Gasteiger partial charge in [0.05, 0.1) is 16.2 Å². The smallest absolute Gasteiger partial charge is 0.388 e. The monoisotopic (exact) mass is 505 g/mol. The highest BCUT2D eigenvalue weighted by molar-refractivity contribution is 7.89. The number of nitrogens with one attached hydrogen (secondary N) is 2. The van der Waals surface area contributed by atoms with Gasteiger partial charge in [0.2, 0.25) is 16.0 Å². The van der Waals surface area contributed by atoms with Crippen LogP contribution in [-0.2, 0) is 16.2 Å². The summed E-state index contributed by atoms with van der Waals surface area (Å²) < 4.78 is 82.8. The van der Waals surface area contributed by atoms with Gasteiger partial charge in [-0.3, -0.25) is 0 Å². The first kappa shape index (κ1) is 26.1. The summed E-state index contributed by atoms with van der Waals surface area (Å²) in [4.78, 5) is 8.73. The van der Waals surface area contributed by atoms with Gasteiger partial charge in [-0.2, -0.15) is 18.2 Å². The molecule has 2 heterocycles.